The molecule has 0 fully saturated rings. The lowest BCUT2D eigenvalue weighted by molar-refractivity contribution is -0.389. The molecule has 0 bridgehead atoms. The summed E-state index contributed by atoms with van der Waals surface area (Å²) in [5.41, 5.74) is 1.04. The van der Waals surface area contributed by atoms with Gasteiger partial charge in [-0.2, -0.15) is 9.78 Å². The fraction of sp³-hybridized carbons (Fsp3) is 0.188. The first-order valence-corrected chi connectivity index (χ1v) is 8.13. The molecule has 134 valence electrons. The summed E-state index contributed by atoms with van der Waals surface area (Å²) in [6.07, 6.45) is 3.36. The number of anilines is 1. The normalized spacial score (nSPS) is 10.7. The number of carbonyl (C=O) groups excluding carboxylic acids is 1. The third-order valence-corrected chi connectivity index (χ3v) is 3.80. The van der Waals surface area contributed by atoms with E-state index in [1.165, 1.54) is 16.9 Å². The zero-order valence-electron chi connectivity index (χ0n) is 13.6. The lowest BCUT2D eigenvalue weighted by atomic mass is 10.2. The van der Waals surface area contributed by atoms with Crippen LogP contribution in [0.2, 0.25) is 5.02 Å². The van der Waals surface area contributed by atoms with E-state index in [2.05, 4.69) is 15.5 Å². The van der Waals surface area contributed by atoms with Gasteiger partial charge < -0.3 is 15.4 Å². The first-order valence-electron chi connectivity index (χ1n) is 7.75. The molecule has 1 N–H and O–H groups in total. The van der Waals surface area contributed by atoms with E-state index in [1.54, 1.807) is 16.9 Å². The Bertz CT molecular complexity index is 918. The molecule has 0 unspecified atom stereocenters. The number of hydrogen-bond donors (Lipinski definition) is 1. The largest absolute Gasteiger partial charge is 0.389 e. The van der Waals surface area contributed by atoms with Gasteiger partial charge in [0.25, 0.3) is 0 Å². The Labute approximate surface area is 153 Å². The van der Waals surface area contributed by atoms with E-state index in [0.717, 1.165) is 5.56 Å². The van der Waals surface area contributed by atoms with Crippen LogP contribution in [-0.4, -0.2) is 30.4 Å². The molecule has 0 aliphatic heterocycles. The van der Waals surface area contributed by atoms with Crippen molar-refractivity contribution in [3.05, 3.63) is 69.5 Å². The van der Waals surface area contributed by atoms with Crippen molar-refractivity contribution in [2.45, 2.75) is 19.5 Å². The predicted octanol–water partition coefficient (Wildman–Crippen LogP) is 2.72. The number of aromatic nitrogens is 4. The van der Waals surface area contributed by atoms with Crippen LogP contribution in [0.25, 0.3) is 0 Å². The second-order valence-electron chi connectivity index (χ2n) is 5.52. The number of nitrogens with one attached hydrogen (secondary N) is 1. The van der Waals surface area contributed by atoms with E-state index in [1.807, 2.05) is 24.3 Å². The Morgan fingerprint density at radius 2 is 1.85 bits per heavy atom. The monoisotopic (exact) mass is 374 g/mol. The third kappa shape index (κ3) is 4.67. The summed E-state index contributed by atoms with van der Waals surface area (Å²) < 4.78 is 3.06. The quantitative estimate of drug-likeness (QED) is 0.505. The number of amides is 1. The van der Waals surface area contributed by atoms with Crippen LogP contribution in [0.4, 0.5) is 11.6 Å². The number of nitro groups is 1. The zero-order valence-corrected chi connectivity index (χ0v) is 14.3. The second kappa shape index (κ2) is 7.79. The molecule has 3 rings (SSSR count). The maximum Gasteiger partial charge on any atom is 0.389 e. The number of halogens is 1. The summed E-state index contributed by atoms with van der Waals surface area (Å²) in [5, 5.41) is 22.0. The molecule has 26 heavy (non-hydrogen) atoms. The van der Waals surface area contributed by atoms with E-state index < -0.39 is 4.92 Å². The van der Waals surface area contributed by atoms with Gasteiger partial charge >= 0.3 is 5.82 Å². The number of carbonyl (C=O) groups is 1. The van der Waals surface area contributed by atoms with Gasteiger partial charge in [0.05, 0.1) is 30.5 Å². The molecule has 2 heterocycles. The predicted molar refractivity (Wildman–Crippen MR) is 94.9 cm³/mol. The van der Waals surface area contributed by atoms with Crippen molar-refractivity contribution in [2.24, 2.45) is 0 Å². The molecule has 10 heteroatoms. The summed E-state index contributed by atoms with van der Waals surface area (Å²) >= 11 is 5.86. The Balaban J connectivity index is 1.50. The van der Waals surface area contributed by atoms with Gasteiger partial charge in [-0.1, -0.05) is 23.7 Å². The average Bonchev–Trinajstić information content (AvgIpc) is 3.25. The van der Waals surface area contributed by atoms with Crippen LogP contribution in [0.5, 0.6) is 0 Å². The summed E-state index contributed by atoms with van der Waals surface area (Å²) in [6, 6.07) is 10.4. The van der Waals surface area contributed by atoms with E-state index in [4.69, 9.17) is 11.6 Å². The molecule has 0 radical (unpaired) electrons. The second-order valence-corrected chi connectivity index (χ2v) is 5.95. The van der Waals surface area contributed by atoms with E-state index in [-0.39, 0.29) is 24.7 Å². The minimum absolute atomic E-state index is 0.128. The maximum atomic E-state index is 12.0. The van der Waals surface area contributed by atoms with E-state index >= 15 is 0 Å². The molecule has 0 aliphatic rings. The minimum Gasteiger partial charge on any atom is -0.358 e. The van der Waals surface area contributed by atoms with Crippen molar-refractivity contribution in [2.75, 3.05) is 5.32 Å². The van der Waals surface area contributed by atoms with Gasteiger partial charge in [-0.15, -0.1) is 0 Å². The number of aryl methyl sites for hydroxylation is 1. The van der Waals surface area contributed by atoms with Crippen LogP contribution in [0.15, 0.2) is 48.8 Å². The fourth-order valence-electron chi connectivity index (χ4n) is 2.29. The highest BCUT2D eigenvalue weighted by molar-refractivity contribution is 6.30. The van der Waals surface area contributed by atoms with Gasteiger partial charge in [-0.3, -0.25) is 9.48 Å². The molecule has 9 nitrogen and oxygen atoms in total. The first kappa shape index (κ1) is 17.6. The van der Waals surface area contributed by atoms with Crippen molar-refractivity contribution in [1.29, 1.82) is 0 Å². The molecular formula is C16H15ClN6O3. The van der Waals surface area contributed by atoms with Gasteiger partial charge in [-0.25, -0.2) is 0 Å². The Hall–Kier alpha value is -3.20. The summed E-state index contributed by atoms with van der Waals surface area (Å²) in [4.78, 5) is 22.0. The molecule has 1 aromatic carbocycles. The number of hydrogen-bond acceptors (Lipinski definition) is 5. The van der Waals surface area contributed by atoms with Crippen LogP contribution in [0, 0.1) is 10.1 Å². The van der Waals surface area contributed by atoms with Crippen molar-refractivity contribution in [1.82, 2.24) is 19.6 Å². The molecular weight excluding hydrogens is 360 g/mol. The minimum atomic E-state index is -0.579. The van der Waals surface area contributed by atoms with E-state index in [0.29, 0.717) is 17.4 Å². The first-order chi connectivity index (χ1) is 12.5. The smallest absolute Gasteiger partial charge is 0.358 e. The van der Waals surface area contributed by atoms with Gasteiger partial charge in [0.2, 0.25) is 5.91 Å². The Kier molecular flexibility index (Phi) is 5.28. The standard InChI is InChI=1S/C16H15ClN6O3/c17-13-3-1-12(2-4-13)11-22-8-5-14(19-22)18-16(24)7-10-21-9-6-15(20-21)23(25)26/h1-6,8-9H,7,10-11H2,(H,18,19,24). The van der Waals surface area contributed by atoms with E-state index in [9.17, 15) is 14.9 Å². The van der Waals surface area contributed by atoms with Crippen molar-refractivity contribution in [3.63, 3.8) is 0 Å². The lowest BCUT2D eigenvalue weighted by Gasteiger charge is -2.03. The van der Waals surface area contributed by atoms with Gasteiger partial charge in [0.1, 0.15) is 0 Å². The average molecular weight is 375 g/mol. The molecule has 0 saturated heterocycles. The maximum absolute atomic E-state index is 12.0. The zero-order chi connectivity index (χ0) is 18.5. The molecule has 2 aromatic heterocycles. The SMILES string of the molecule is O=C(CCn1ccc([N+](=O)[O-])n1)Nc1ccn(Cc2ccc(Cl)cc2)n1. The molecule has 0 atom stereocenters. The Morgan fingerprint density at radius 3 is 2.54 bits per heavy atom. The van der Waals surface area contributed by atoms with Crippen LogP contribution >= 0.6 is 11.6 Å². The number of benzene rings is 1. The van der Waals surface area contributed by atoms with Gasteiger partial charge in [0.15, 0.2) is 5.82 Å². The molecule has 3 aromatic rings. The molecule has 1 amide bonds. The fourth-order valence-corrected chi connectivity index (χ4v) is 2.41. The van der Waals surface area contributed by atoms with Crippen LogP contribution in [0.3, 0.4) is 0 Å². The topological polar surface area (TPSA) is 108 Å². The van der Waals surface area contributed by atoms with Crippen molar-refractivity contribution in [3.8, 4) is 0 Å². The van der Waals surface area contributed by atoms with Crippen LogP contribution in [0.1, 0.15) is 12.0 Å². The Morgan fingerprint density at radius 1 is 1.12 bits per heavy atom. The highest BCUT2D eigenvalue weighted by atomic mass is 35.5. The van der Waals surface area contributed by atoms with Crippen LogP contribution in [-0.2, 0) is 17.9 Å². The van der Waals surface area contributed by atoms with Crippen LogP contribution < -0.4 is 5.32 Å². The number of rotatable bonds is 7. The van der Waals surface area contributed by atoms with Crippen molar-refractivity contribution >= 4 is 29.1 Å². The van der Waals surface area contributed by atoms with Gasteiger partial charge in [0, 0.05) is 23.7 Å². The van der Waals surface area contributed by atoms with Crippen molar-refractivity contribution < 1.29 is 9.72 Å². The lowest BCUT2D eigenvalue weighted by Crippen LogP contribution is -2.15. The highest BCUT2D eigenvalue weighted by Crippen LogP contribution is 2.12. The molecule has 0 saturated carbocycles. The summed E-state index contributed by atoms with van der Waals surface area (Å²) in [5.74, 6) is -0.0540. The number of nitrogens with zero attached hydrogens (tertiary/aromatic N) is 5. The molecule has 0 spiro atoms. The molecule has 0 aliphatic carbocycles. The summed E-state index contributed by atoms with van der Waals surface area (Å²) in [6.45, 7) is 0.801. The third-order valence-electron chi connectivity index (χ3n) is 3.55. The van der Waals surface area contributed by atoms with Gasteiger partial charge in [-0.05, 0) is 22.6 Å². The highest BCUT2D eigenvalue weighted by Gasteiger charge is 2.12. The summed E-state index contributed by atoms with van der Waals surface area (Å²) in [7, 11) is 0.